The highest BCUT2D eigenvalue weighted by Crippen LogP contribution is 2.18. The zero-order chi connectivity index (χ0) is 32.5. The first-order valence-corrected chi connectivity index (χ1v) is 16.5. The molecule has 43 heavy (non-hydrogen) atoms. The SMILES string of the molecule is C=C(C)C(=O)OCCCNC(=O)OCCN(CCC[Si](OCC)(OCC)OCC)CCOC(=O)NCCOC(=O)C(=C)C. The van der Waals surface area contributed by atoms with E-state index in [0.29, 0.717) is 63.9 Å². The summed E-state index contributed by atoms with van der Waals surface area (Å²) in [6, 6.07) is 0.598. The number of hydrogen-bond donors (Lipinski definition) is 2. The second-order valence-electron chi connectivity index (χ2n) is 9.24. The van der Waals surface area contributed by atoms with Gasteiger partial charge in [-0.15, -0.1) is 0 Å². The van der Waals surface area contributed by atoms with Gasteiger partial charge in [0.05, 0.1) is 13.2 Å². The molecule has 0 aromatic heterocycles. The number of amides is 2. The van der Waals surface area contributed by atoms with E-state index in [1.807, 2.05) is 25.7 Å². The zero-order valence-electron chi connectivity index (χ0n) is 26.5. The van der Waals surface area contributed by atoms with E-state index in [9.17, 15) is 19.2 Å². The second kappa shape index (κ2) is 24.5. The summed E-state index contributed by atoms with van der Waals surface area (Å²) in [5.74, 6) is -1.01. The molecule has 15 heteroatoms. The van der Waals surface area contributed by atoms with E-state index >= 15 is 0 Å². The number of ether oxygens (including phenoxy) is 4. The average Bonchev–Trinajstić information content (AvgIpc) is 2.95. The maximum absolute atomic E-state index is 12.1. The fourth-order valence-electron chi connectivity index (χ4n) is 3.46. The Balaban J connectivity index is 4.76. The maximum Gasteiger partial charge on any atom is 0.500 e. The number of carbonyl (C=O) groups is 4. The molecule has 0 atom stereocenters. The maximum atomic E-state index is 12.1. The van der Waals surface area contributed by atoms with Crippen LogP contribution >= 0.6 is 0 Å². The van der Waals surface area contributed by atoms with Crippen LogP contribution in [0.15, 0.2) is 24.3 Å². The van der Waals surface area contributed by atoms with Crippen LogP contribution < -0.4 is 10.6 Å². The first kappa shape index (κ1) is 40.0. The highest BCUT2D eigenvalue weighted by molar-refractivity contribution is 6.60. The van der Waals surface area contributed by atoms with Crippen LogP contribution in [0.1, 0.15) is 47.5 Å². The standard InChI is InChI=1S/C28H51N3O11Si/c1-8-40-43(41-9-2,42-10-3)22-12-15-31(17-21-39-28(35)30-14-19-37-26(33)24(6)7)16-20-38-27(34)29-13-11-18-36-25(32)23(4)5/h4,6,8-22H2,1-3,5,7H3,(H,29,34)(H,30,35). The van der Waals surface area contributed by atoms with Gasteiger partial charge >= 0.3 is 32.9 Å². The molecule has 0 fully saturated rings. The number of nitrogens with zero attached hydrogens (tertiary/aromatic N) is 1. The molecule has 2 N–H and O–H groups in total. The molecule has 0 heterocycles. The zero-order valence-corrected chi connectivity index (χ0v) is 27.5. The van der Waals surface area contributed by atoms with E-state index in [2.05, 4.69) is 23.8 Å². The minimum atomic E-state index is -2.82. The lowest BCUT2D eigenvalue weighted by atomic mass is 10.3. The van der Waals surface area contributed by atoms with Crippen molar-refractivity contribution in [3.8, 4) is 0 Å². The van der Waals surface area contributed by atoms with Crippen LogP contribution in [-0.4, -0.2) is 117 Å². The lowest BCUT2D eigenvalue weighted by molar-refractivity contribution is -0.139. The molecule has 248 valence electrons. The minimum absolute atomic E-state index is 0.00288. The third-order valence-corrected chi connectivity index (χ3v) is 8.61. The summed E-state index contributed by atoms with van der Waals surface area (Å²) in [7, 11) is -2.82. The molecular weight excluding hydrogens is 582 g/mol. The predicted octanol–water partition coefficient (Wildman–Crippen LogP) is 2.81. The highest BCUT2D eigenvalue weighted by Gasteiger charge is 2.39. The van der Waals surface area contributed by atoms with E-state index in [1.165, 1.54) is 6.92 Å². The van der Waals surface area contributed by atoms with Gasteiger partial charge in [-0.05, 0) is 54.0 Å². The predicted molar refractivity (Wildman–Crippen MR) is 161 cm³/mol. The molecule has 0 aliphatic rings. The van der Waals surface area contributed by atoms with E-state index < -0.39 is 32.9 Å². The van der Waals surface area contributed by atoms with E-state index in [0.717, 1.165) is 0 Å². The Bertz CT molecular complexity index is 856. The molecule has 0 aliphatic carbocycles. The van der Waals surface area contributed by atoms with Crippen molar-refractivity contribution in [1.29, 1.82) is 0 Å². The first-order chi connectivity index (χ1) is 20.5. The average molecular weight is 634 g/mol. The number of esters is 2. The fraction of sp³-hybridized carbons (Fsp3) is 0.714. The summed E-state index contributed by atoms with van der Waals surface area (Å²) < 4.78 is 38.2. The Morgan fingerprint density at radius 1 is 0.628 bits per heavy atom. The van der Waals surface area contributed by atoms with E-state index in [4.69, 9.17) is 32.2 Å². The Morgan fingerprint density at radius 2 is 1.09 bits per heavy atom. The highest BCUT2D eigenvalue weighted by atomic mass is 28.4. The molecule has 0 aromatic carbocycles. The topological polar surface area (TPSA) is 160 Å². The molecule has 0 aromatic rings. The summed E-state index contributed by atoms with van der Waals surface area (Å²) in [5.41, 5.74) is 0.584. The van der Waals surface area contributed by atoms with Crippen molar-refractivity contribution in [1.82, 2.24) is 15.5 Å². The van der Waals surface area contributed by atoms with Gasteiger partial charge < -0.3 is 42.9 Å². The van der Waals surface area contributed by atoms with Crippen molar-refractivity contribution >= 4 is 32.9 Å². The van der Waals surface area contributed by atoms with Gasteiger partial charge in [0.15, 0.2) is 0 Å². The Kier molecular flexibility index (Phi) is 22.8. The van der Waals surface area contributed by atoms with Gasteiger partial charge in [-0.2, -0.15) is 0 Å². The van der Waals surface area contributed by atoms with Gasteiger partial charge in [0.25, 0.3) is 0 Å². The van der Waals surface area contributed by atoms with Gasteiger partial charge in [-0.25, -0.2) is 19.2 Å². The quantitative estimate of drug-likeness (QED) is 0.0498. The number of hydrogen-bond acceptors (Lipinski definition) is 12. The lowest BCUT2D eigenvalue weighted by Gasteiger charge is -2.29. The van der Waals surface area contributed by atoms with Gasteiger partial charge in [-0.1, -0.05) is 13.2 Å². The molecule has 0 bridgehead atoms. The van der Waals surface area contributed by atoms with Crippen LogP contribution in [0.5, 0.6) is 0 Å². The van der Waals surface area contributed by atoms with Crippen molar-refractivity contribution in [3.05, 3.63) is 24.3 Å². The number of carbonyl (C=O) groups excluding carboxylic acids is 4. The molecular formula is C28H51N3O11Si. The third kappa shape index (κ3) is 20.5. The Morgan fingerprint density at radius 3 is 1.56 bits per heavy atom. The molecule has 0 spiro atoms. The molecule has 0 aliphatic heterocycles. The Labute approximate surface area is 256 Å². The molecule has 0 saturated carbocycles. The molecule has 2 amide bonds. The molecule has 0 rings (SSSR count). The van der Waals surface area contributed by atoms with Gasteiger partial charge in [0.1, 0.15) is 19.8 Å². The van der Waals surface area contributed by atoms with Crippen molar-refractivity contribution in [3.63, 3.8) is 0 Å². The number of nitrogens with one attached hydrogen (secondary N) is 2. The van der Waals surface area contributed by atoms with E-state index in [1.54, 1.807) is 6.92 Å². The first-order valence-electron chi connectivity index (χ1n) is 14.6. The number of rotatable bonds is 25. The molecule has 0 unspecified atom stereocenters. The fourth-order valence-corrected chi connectivity index (χ4v) is 6.06. The molecule has 14 nitrogen and oxygen atoms in total. The van der Waals surface area contributed by atoms with Crippen molar-refractivity contribution in [2.24, 2.45) is 0 Å². The van der Waals surface area contributed by atoms with Gasteiger partial charge in [-0.3, -0.25) is 4.90 Å². The monoisotopic (exact) mass is 633 g/mol. The van der Waals surface area contributed by atoms with E-state index in [-0.39, 0.29) is 45.1 Å². The van der Waals surface area contributed by atoms with Crippen LogP contribution in [0.2, 0.25) is 6.04 Å². The summed E-state index contributed by atoms with van der Waals surface area (Å²) in [4.78, 5) is 48.9. The Hall–Kier alpha value is -2.98. The summed E-state index contributed by atoms with van der Waals surface area (Å²) in [6.45, 7) is 19.3. The van der Waals surface area contributed by atoms with Gasteiger partial charge in [0.2, 0.25) is 0 Å². The lowest BCUT2D eigenvalue weighted by Crippen LogP contribution is -2.46. The largest absolute Gasteiger partial charge is 0.500 e. The molecule has 0 radical (unpaired) electrons. The van der Waals surface area contributed by atoms with Gasteiger partial charge in [0, 0.05) is 56.6 Å². The van der Waals surface area contributed by atoms with Crippen LogP contribution in [0.4, 0.5) is 9.59 Å². The summed E-state index contributed by atoms with van der Waals surface area (Å²) in [5, 5.41) is 5.12. The summed E-state index contributed by atoms with van der Waals surface area (Å²) >= 11 is 0. The van der Waals surface area contributed by atoms with Crippen LogP contribution in [-0.2, 0) is 41.8 Å². The van der Waals surface area contributed by atoms with Crippen molar-refractivity contribution < 1.29 is 51.4 Å². The minimum Gasteiger partial charge on any atom is -0.462 e. The van der Waals surface area contributed by atoms with Crippen LogP contribution in [0.3, 0.4) is 0 Å². The van der Waals surface area contributed by atoms with Crippen molar-refractivity contribution in [2.75, 3.05) is 79.0 Å². The normalized spacial score (nSPS) is 11.0. The summed E-state index contributed by atoms with van der Waals surface area (Å²) in [6.07, 6.45) is -0.126. The molecule has 0 saturated heterocycles. The van der Waals surface area contributed by atoms with Crippen LogP contribution in [0, 0.1) is 0 Å². The van der Waals surface area contributed by atoms with Crippen molar-refractivity contribution in [2.45, 2.75) is 53.5 Å². The third-order valence-electron chi connectivity index (χ3n) is 5.46. The van der Waals surface area contributed by atoms with Crippen LogP contribution in [0.25, 0.3) is 0 Å². The second-order valence-corrected chi connectivity index (χ2v) is 12.0. The number of alkyl carbamates (subject to hydrolysis) is 2. The smallest absolute Gasteiger partial charge is 0.462 e.